The van der Waals surface area contributed by atoms with Crippen molar-refractivity contribution in [3.05, 3.63) is 42.5 Å². The van der Waals surface area contributed by atoms with Crippen LogP contribution < -0.4 is 4.18 Å². The fourth-order valence-electron chi connectivity index (χ4n) is 1.88. The molecular weight excluding hydrogens is 276 g/mol. The van der Waals surface area contributed by atoms with Crippen LogP contribution in [0.15, 0.2) is 42.5 Å². The molecule has 1 aromatic heterocycles. The quantitative estimate of drug-likeness (QED) is 0.547. The Kier molecular flexibility index (Phi) is 3.02. The molecule has 2 aromatic carbocycles. The van der Waals surface area contributed by atoms with E-state index < -0.39 is 10.1 Å². The van der Waals surface area contributed by atoms with E-state index >= 15 is 0 Å². The number of aromatic nitrogens is 2. The third kappa shape index (κ3) is 2.30. The van der Waals surface area contributed by atoms with E-state index in [1.807, 2.05) is 24.3 Å². The highest BCUT2D eigenvalue weighted by molar-refractivity contribution is 7.87. The molecule has 102 valence electrons. The fourth-order valence-corrected chi connectivity index (χ4v) is 2.41. The van der Waals surface area contributed by atoms with Crippen LogP contribution in [0.5, 0.6) is 5.75 Å². The zero-order valence-electron chi connectivity index (χ0n) is 10.8. The van der Waals surface area contributed by atoms with E-state index in [9.17, 15) is 8.42 Å². The highest BCUT2D eigenvalue weighted by atomic mass is 32.2. The molecule has 20 heavy (non-hydrogen) atoms. The molecule has 0 bridgehead atoms. The van der Waals surface area contributed by atoms with Crippen LogP contribution in [-0.2, 0) is 10.1 Å². The van der Waals surface area contributed by atoms with Gasteiger partial charge in [-0.1, -0.05) is 18.2 Å². The molecule has 0 saturated carbocycles. The van der Waals surface area contributed by atoms with Gasteiger partial charge in [-0.2, -0.15) is 8.42 Å². The van der Waals surface area contributed by atoms with Crippen LogP contribution in [0.1, 0.15) is 6.92 Å². The summed E-state index contributed by atoms with van der Waals surface area (Å²) in [6.45, 7) is 1.53. The lowest BCUT2D eigenvalue weighted by Crippen LogP contribution is -2.11. The number of benzene rings is 2. The third-order valence-electron chi connectivity index (χ3n) is 2.90. The van der Waals surface area contributed by atoms with E-state index in [0.717, 1.165) is 5.52 Å². The van der Waals surface area contributed by atoms with Gasteiger partial charge in [-0.15, -0.1) is 0 Å². The molecular formula is C14H12N2O3S. The smallest absolute Gasteiger partial charge is 0.308 e. The number of rotatable bonds is 3. The Bertz CT molecular complexity index is 891. The molecule has 3 aromatic rings. The summed E-state index contributed by atoms with van der Waals surface area (Å²) in [5, 5.41) is 0. The van der Waals surface area contributed by atoms with E-state index in [0.29, 0.717) is 16.6 Å². The molecule has 0 fully saturated rings. The van der Waals surface area contributed by atoms with Crippen molar-refractivity contribution in [2.75, 3.05) is 5.75 Å². The van der Waals surface area contributed by atoms with Crippen LogP contribution in [0.3, 0.4) is 0 Å². The predicted molar refractivity (Wildman–Crippen MR) is 77.1 cm³/mol. The lowest BCUT2D eigenvalue weighted by atomic mass is 10.2. The first kappa shape index (κ1) is 12.8. The highest BCUT2D eigenvalue weighted by Gasteiger charge is 2.13. The molecule has 1 heterocycles. The van der Waals surface area contributed by atoms with Gasteiger partial charge in [-0.05, 0) is 31.2 Å². The van der Waals surface area contributed by atoms with Crippen LogP contribution in [0.2, 0.25) is 0 Å². The van der Waals surface area contributed by atoms with Crippen LogP contribution in [0, 0.1) is 0 Å². The predicted octanol–water partition coefficient (Wildman–Crippen LogP) is 2.51. The average Bonchev–Trinajstić information content (AvgIpc) is 2.45. The first-order valence-electron chi connectivity index (χ1n) is 6.17. The maximum atomic E-state index is 11.6. The Hall–Kier alpha value is -2.21. The first-order valence-corrected chi connectivity index (χ1v) is 7.74. The second-order valence-corrected chi connectivity index (χ2v) is 6.13. The molecule has 0 amide bonds. The number of para-hydroxylation sites is 3. The van der Waals surface area contributed by atoms with Crippen molar-refractivity contribution in [3.8, 4) is 5.75 Å². The van der Waals surface area contributed by atoms with E-state index in [1.54, 1.807) is 18.2 Å². The summed E-state index contributed by atoms with van der Waals surface area (Å²) < 4.78 is 28.3. The summed E-state index contributed by atoms with van der Waals surface area (Å²) in [5.41, 5.74) is 2.51. The van der Waals surface area contributed by atoms with Gasteiger partial charge in [-0.3, -0.25) is 0 Å². The maximum Gasteiger partial charge on any atom is 0.308 e. The molecule has 0 aliphatic rings. The molecule has 6 heteroatoms. The van der Waals surface area contributed by atoms with Crippen molar-refractivity contribution in [3.63, 3.8) is 0 Å². The summed E-state index contributed by atoms with van der Waals surface area (Å²) in [5.74, 6) is 0.118. The number of hydrogen-bond donors (Lipinski definition) is 0. The van der Waals surface area contributed by atoms with E-state index in [-0.39, 0.29) is 11.5 Å². The summed E-state index contributed by atoms with van der Waals surface area (Å²) >= 11 is 0. The van der Waals surface area contributed by atoms with Gasteiger partial charge in [0.2, 0.25) is 0 Å². The summed E-state index contributed by atoms with van der Waals surface area (Å²) in [6, 6.07) is 12.5. The topological polar surface area (TPSA) is 69.2 Å². The van der Waals surface area contributed by atoms with Crippen LogP contribution in [0.25, 0.3) is 22.1 Å². The molecule has 0 aliphatic heterocycles. The molecule has 0 radical (unpaired) electrons. The van der Waals surface area contributed by atoms with Gasteiger partial charge in [0, 0.05) is 0 Å². The molecule has 0 aliphatic carbocycles. The lowest BCUT2D eigenvalue weighted by molar-refractivity contribution is 0.489. The minimum Gasteiger partial charge on any atom is -0.380 e. The minimum atomic E-state index is -3.59. The van der Waals surface area contributed by atoms with E-state index in [4.69, 9.17) is 4.18 Å². The average molecular weight is 288 g/mol. The maximum absolute atomic E-state index is 11.6. The van der Waals surface area contributed by atoms with E-state index in [2.05, 4.69) is 9.97 Å². The van der Waals surface area contributed by atoms with Crippen LogP contribution in [-0.4, -0.2) is 24.1 Å². The monoisotopic (exact) mass is 288 g/mol. The Balaban J connectivity index is 2.25. The zero-order valence-corrected chi connectivity index (χ0v) is 11.6. The normalized spacial score (nSPS) is 11.8. The third-order valence-corrected chi connectivity index (χ3v) is 4.04. The van der Waals surface area contributed by atoms with Gasteiger partial charge < -0.3 is 4.18 Å². The van der Waals surface area contributed by atoms with Gasteiger partial charge in [0.1, 0.15) is 5.52 Å². The van der Waals surface area contributed by atoms with Crippen molar-refractivity contribution >= 4 is 32.2 Å². The Labute approximate surface area is 116 Å². The van der Waals surface area contributed by atoms with Crippen molar-refractivity contribution in [2.24, 2.45) is 0 Å². The molecule has 5 nitrogen and oxygen atoms in total. The largest absolute Gasteiger partial charge is 0.380 e. The number of nitrogens with zero attached hydrogens (tertiary/aromatic N) is 2. The molecule has 0 N–H and O–H groups in total. The molecule has 0 saturated heterocycles. The SMILES string of the molecule is CCS(=O)(=O)Oc1cccc2nc3ccccc3nc12. The lowest BCUT2D eigenvalue weighted by Gasteiger charge is -2.08. The number of fused-ring (bicyclic) bond motifs is 2. The van der Waals surface area contributed by atoms with Gasteiger partial charge >= 0.3 is 10.1 Å². The minimum absolute atomic E-state index is 0.0929. The van der Waals surface area contributed by atoms with Crippen molar-refractivity contribution in [2.45, 2.75) is 6.92 Å². The molecule has 0 unspecified atom stereocenters. The van der Waals surface area contributed by atoms with Crippen LogP contribution in [0.4, 0.5) is 0 Å². The second kappa shape index (κ2) is 4.72. The Morgan fingerprint density at radius 2 is 1.60 bits per heavy atom. The molecule has 0 atom stereocenters. The van der Waals surface area contributed by atoms with Crippen LogP contribution >= 0.6 is 0 Å². The summed E-state index contributed by atoms with van der Waals surface area (Å²) in [7, 11) is -3.59. The summed E-state index contributed by atoms with van der Waals surface area (Å²) in [6.07, 6.45) is 0. The van der Waals surface area contributed by atoms with Gasteiger partial charge in [0.25, 0.3) is 0 Å². The van der Waals surface area contributed by atoms with Crippen molar-refractivity contribution in [1.29, 1.82) is 0 Å². The molecule has 3 rings (SSSR count). The van der Waals surface area contributed by atoms with Crippen molar-refractivity contribution < 1.29 is 12.6 Å². The standard InChI is InChI=1S/C14H12N2O3S/c1-2-20(17,18)19-13-9-5-8-12-14(13)16-11-7-4-3-6-10(11)15-12/h3-9H,2H2,1H3. The van der Waals surface area contributed by atoms with Crippen molar-refractivity contribution in [1.82, 2.24) is 9.97 Å². The van der Waals surface area contributed by atoms with E-state index in [1.165, 1.54) is 6.92 Å². The zero-order chi connectivity index (χ0) is 14.2. The fraction of sp³-hybridized carbons (Fsp3) is 0.143. The Morgan fingerprint density at radius 1 is 0.950 bits per heavy atom. The summed E-state index contributed by atoms with van der Waals surface area (Å²) in [4.78, 5) is 8.90. The Morgan fingerprint density at radius 3 is 2.30 bits per heavy atom. The number of hydrogen-bond acceptors (Lipinski definition) is 5. The second-order valence-electron chi connectivity index (χ2n) is 4.27. The van der Waals surface area contributed by atoms with Gasteiger partial charge in [0.15, 0.2) is 5.75 Å². The highest BCUT2D eigenvalue weighted by Crippen LogP contribution is 2.25. The van der Waals surface area contributed by atoms with Gasteiger partial charge in [-0.25, -0.2) is 9.97 Å². The van der Waals surface area contributed by atoms with Gasteiger partial charge in [0.05, 0.1) is 22.3 Å². The molecule has 0 spiro atoms. The first-order chi connectivity index (χ1) is 9.59.